The minimum Gasteiger partial charge on any atom is -1.00 e. The molecular weight excluding hydrogens is 456 g/mol. The van der Waals surface area contributed by atoms with Gasteiger partial charge in [-0.15, -0.1) is 11.3 Å². The number of ketones is 1. The van der Waals surface area contributed by atoms with Gasteiger partial charge in [-0.25, -0.2) is 4.79 Å². The van der Waals surface area contributed by atoms with Crippen molar-refractivity contribution in [1.82, 2.24) is 5.32 Å². The van der Waals surface area contributed by atoms with E-state index in [1.54, 1.807) is 59.4 Å². The van der Waals surface area contributed by atoms with Gasteiger partial charge in [0.2, 0.25) is 12.3 Å². The van der Waals surface area contributed by atoms with Crippen LogP contribution in [0.3, 0.4) is 0 Å². The molecule has 0 spiro atoms. The van der Waals surface area contributed by atoms with Gasteiger partial charge in [0.05, 0.1) is 17.0 Å². The maximum atomic E-state index is 12.3. The number of pyridine rings is 1. The van der Waals surface area contributed by atoms with Gasteiger partial charge in [0, 0.05) is 6.07 Å². The first-order valence-corrected chi connectivity index (χ1v) is 9.57. The summed E-state index contributed by atoms with van der Waals surface area (Å²) in [5, 5.41) is 4.56. The summed E-state index contributed by atoms with van der Waals surface area (Å²) in [6, 6.07) is 15.7. The smallest absolute Gasteiger partial charge is 0.338 e. The number of halogens is 1. The first-order chi connectivity index (χ1) is 13.6. The van der Waals surface area contributed by atoms with E-state index in [0.717, 1.165) is 0 Å². The van der Waals surface area contributed by atoms with Crippen LogP contribution in [0.1, 0.15) is 30.4 Å². The van der Waals surface area contributed by atoms with Gasteiger partial charge in [0.25, 0.3) is 5.91 Å². The van der Waals surface area contributed by atoms with E-state index in [2.05, 4.69) is 5.32 Å². The molecule has 0 aliphatic rings. The lowest BCUT2D eigenvalue weighted by Gasteiger charge is -2.06. The third kappa shape index (κ3) is 6.62. The summed E-state index contributed by atoms with van der Waals surface area (Å²) in [6.45, 7) is 0.430. The molecule has 0 unspecified atom stereocenters. The molecule has 150 valence electrons. The number of hydrogen-bond donors (Lipinski definition) is 1. The highest BCUT2D eigenvalue weighted by Crippen LogP contribution is 2.09. The number of hydrogen-bond acceptors (Lipinski definition) is 5. The molecule has 1 N–H and O–H groups in total. The van der Waals surface area contributed by atoms with Crippen molar-refractivity contribution in [2.45, 2.75) is 6.54 Å². The van der Waals surface area contributed by atoms with Crippen molar-refractivity contribution in [1.29, 1.82) is 0 Å². The molecule has 2 aromatic heterocycles. The fourth-order valence-corrected chi connectivity index (χ4v) is 3.16. The van der Waals surface area contributed by atoms with E-state index in [1.165, 1.54) is 11.3 Å². The van der Waals surface area contributed by atoms with Crippen molar-refractivity contribution in [2.75, 3.05) is 13.2 Å². The van der Waals surface area contributed by atoms with E-state index >= 15 is 0 Å². The van der Waals surface area contributed by atoms with Gasteiger partial charge in [-0.05, 0) is 29.6 Å². The number of benzene rings is 1. The largest absolute Gasteiger partial charge is 1.00 e. The summed E-state index contributed by atoms with van der Waals surface area (Å²) in [4.78, 5) is 37.0. The molecular formula is C21H19BrN2O4S. The average Bonchev–Trinajstić information content (AvgIpc) is 3.27. The van der Waals surface area contributed by atoms with Crippen LogP contribution in [0.2, 0.25) is 0 Å². The van der Waals surface area contributed by atoms with Crippen LogP contribution in [-0.4, -0.2) is 30.8 Å². The maximum Gasteiger partial charge on any atom is 0.338 e. The van der Waals surface area contributed by atoms with Crippen LogP contribution < -0.4 is 26.9 Å². The number of ether oxygens (including phenoxy) is 1. The standard InChI is InChI=1S/C21H18N2O4S.BrH/c24-18(19-9-5-13-28-19)15-23-11-4-8-17(14-23)20(25)22-10-12-27-21(26)16-6-2-1-3-7-16;/h1-9,11,13-14H,10,12,15H2;1H. The predicted molar refractivity (Wildman–Crippen MR) is 104 cm³/mol. The van der Waals surface area contributed by atoms with Gasteiger partial charge in [0.1, 0.15) is 12.2 Å². The molecule has 0 radical (unpaired) electrons. The maximum absolute atomic E-state index is 12.3. The average molecular weight is 475 g/mol. The van der Waals surface area contributed by atoms with Gasteiger partial charge in [-0.3, -0.25) is 9.59 Å². The normalized spacial score (nSPS) is 9.93. The molecule has 29 heavy (non-hydrogen) atoms. The first kappa shape index (κ1) is 22.4. The highest BCUT2D eigenvalue weighted by Gasteiger charge is 2.16. The van der Waals surface area contributed by atoms with Crippen LogP contribution >= 0.6 is 11.3 Å². The second-order valence-electron chi connectivity index (χ2n) is 5.92. The number of amides is 1. The Morgan fingerprint density at radius 1 is 0.966 bits per heavy atom. The molecule has 1 aromatic carbocycles. The quantitative estimate of drug-likeness (QED) is 0.207. The highest BCUT2D eigenvalue weighted by atomic mass is 79.9. The molecule has 0 aliphatic carbocycles. The van der Waals surface area contributed by atoms with Crippen LogP contribution in [0.4, 0.5) is 0 Å². The number of Topliss-reactive ketones (excluding diaryl/α,β-unsaturated/α-hetero) is 1. The van der Waals surface area contributed by atoms with E-state index in [1.807, 2.05) is 17.5 Å². The van der Waals surface area contributed by atoms with Gasteiger partial charge in [-0.1, -0.05) is 24.3 Å². The summed E-state index contributed by atoms with van der Waals surface area (Å²) in [6.07, 6.45) is 3.36. The van der Waals surface area contributed by atoms with Crippen LogP contribution in [0.5, 0.6) is 0 Å². The Morgan fingerprint density at radius 2 is 1.72 bits per heavy atom. The molecule has 0 saturated carbocycles. The molecule has 0 bridgehead atoms. The van der Waals surface area contributed by atoms with E-state index < -0.39 is 5.97 Å². The molecule has 2 heterocycles. The molecule has 0 saturated heterocycles. The second kappa shape index (κ2) is 11.2. The van der Waals surface area contributed by atoms with Gasteiger partial charge >= 0.3 is 5.97 Å². The predicted octanol–water partition coefficient (Wildman–Crippen LogP) is -0.491. The zero-order chi connectivity index (χ0) is 19.8. The Hall–Kier alpha value is -2.84. The van der Waals surface area contributed by atoms with E-state index in [0.29, 0.717) is 16.0 Å². The second-order valence-corrected chi connectivity index (χ2v) is 6.87. The summed E-state index contributed by atoms with van der Waals surface area (Å²) in [5.41, 5.74) is 0.893. The molecule has 3 aromatic rings. The van der Waals surface area contributed by atoms with E-state index in [-0.39, 0.29) is 48.4 Å². The molecule has 0 aliphatic heterocycles. The SMILES string of the molecule is O=C(NCCOC(=O)c1ccccc1)c1ccc[n+](CC(=O)c2cccs2)c1.[Br-]. The third-order valence-corrected chi connectivity index (χ3v) is 4.78. The number of rotatable bonds is 8. The third-order valence-electron chi connectivity index (χ3n) is 3.87. The van der Waals surface area contributed by atoms with Gasteiger partial charge < -0.3 is 27.0 Å². The number of carbonyl (C=O) groups is 3. The monoisotopic (exact) mass is 474 g/mol. The minimum absolute atomic E-state index is 0. The lowest BCUT2D eigenvalue weighted by atomic mass is 10.2. The van der Waals surface area contributed by atoms with E-state index in [4.69, 9.17) is 4.74 Å². The fourth-order valence-electron chi connectivity index (χ4n) is 2.50. The summed E-state index contributed by atoms with van der Waals surface area (Å²) >= 11 is 1.39. The number of thiophene rings is 1. The number of nitrogens with one attached hydrogen (secondary N) is 1. The first-order valence-electron chi connectivity index (χ1n) is 8.69. The minimum atomic E-state index is -0.431. The van der Waals surface area contributed by atoms with Gasteiger partial charge in [-0.2, -0.15) is 4.57 Å². The number of aromatic nitrogens is 1. The fraction of sp³-hybridized carbons (Fsp3) is 0.143. The Bertz CT molecular complexity index is 962. The van der Waals surface area contributed by atoms with Crippen molar-refractivity contribution >= 4 is 29.0 Å². The van der Waals surface area contributed by atoms with Crippen molar-refractivity contribution in [3.8, 4) is 0 Å². The molecule has 0 fully saturated rings. The lowest BCUT2D eigenvalue weighted by molar-refractivity contribution is -0.683. The van der Waals surface area contributed by atoms with Gasteiger partial charge in [0.15, 0.2) is 12.4 Å². The molecule has 6 nitrogen and oxygen atoms in total. The van der Waals surface area contributed by atoms with Crippen molar-refractivity contribution in [3.05, 3.63) is 88.4 Å². The van der Waals surface area contributed by atoms with Crippen LogP contribution in [-0.2, 0) is 11.3 Å². The molecule has 3 rings (SSSR count). The van der Waals surface area contributed by atoms with Crippen molar-refractivity contribution < 1.29 is 40.7 Å². The van der Waals surface area contributed by atoms with Crippen LogP contribution in [0, 0.1) is 0 Å². The summed E-state index contributed by atoms with van der Waals surface area (Å²) in [7, 11) is 0. The Morgan fingerprint density at radius 3 is 2.45 bits per heavy atom. The Labute approximate surface area is 182 Å². The Balaban J connectivity index is 0.00000300. The van der Waals surface area contributed by atoms with E-state index in [9.17, 15) is 14.4 Å². The molecule has 0 atom stereocenters. The Kier molecular flexibility index (Phi) is 8.69. The number of esters is 1. The zero-order valence-corrected chi connectivity index (χ0v) is 17.8. The number of carbonyl (C=O) groups excluding carboxylic acids is 3. The topological polar surface area (TPSA) is 76.3 Å². The van der Waals surface area contributed by atoms with Crippen molar-refractivity contribution in [2.24, 2.45) is 0 Å². The summed E-state index contributed by atoms with van der Waals surface area (Å²) < 4.78 is 6.80. The van der Waals surface area contributed by atoms with Crippen molar-refractivity contribution in [3.63, 3.8) is 0 Å². The highest BCUT2D eigenvalue weighted by molar-refractivity contribution is 7.12. The summed E-state index contributed by atoms with van der Waals surface area (Å²) in [5.74, 6) is -0.737. The zero-order valence-electron chi connectivity index (χ0n) is 15.4. The van der Waals surface area contributed by atoms with Crippen LogP contribution in [0.25, 0.3) is 0 Å². The van der Waals surface area contributed by atoms with Crippen LogP contribution in [0.15, 0.2) is 72.4 Å². The lowest BCUT2D eigenvalue weighted by Crippen LogP contribution is -3.00. The molecule has 8 heteroatoms. The molecule has 1 amide bonds. The number of nitrogens with zero attached hydrogens (tertiary/aromatic N) is 1.